The minimum Gasteiger partial charge on any atom is -0.493 e. The van der Waals surface area contributed by atoms with Crippen LogP contribution in [0.2, 0.25) is 0 Å². The molecule has 0 aliphatic carbocycles. The summed E-state index contributed by atoms with van der Waals surface area (Å²) < 4.78 is 11.9. The number of benzene rings is 1. The van der Waals surface area contributed by atoms with Crippen LogP contribution >= 0.6 is 0 Å². The lowest BCUT2D eigenvalue weighted by atomic mass is 9.85. The van der Waals surface area contributed by atoms with Gasteiger partial charge in [-0.15, -0.1) is 0 Å². The molecule has 0 saturated carbocycles. The van der Waals surface area contributed by atoms with Gasteiger partial charge in [-0.2, -0.15) is 0 Å². The summed E-state index contributed by atoms with van der Waals surface area (Å²) in [5, 5.41) is 3.51. The number of ether oxygens (including phenoxy) is 2. The average Bonchev–Trinajstić information content (AvgIpc) is 2.97. The minimum absolute atomic E-state index is 0.329. The van der Waals surface area contributed by atoms with Crippen LogP contribution in [0.4, 0.5) is 0 Å². The Hall–Kier alpha value is -1.06. The van der Waals surface area contributed by atoms with Crippen molar-refractivity contribution in [2.45, 2.75) is 44.8 Å². The topological polar surface area (TPSA) is 30.5 Å². The fourth-order valence-corrected chi connectivity index (χ4v) is 3.73. The minimum atomic E-state index is 0.329. The summed E-state index contributed by atoms with van der Waals surface area (Å²) in [5.41, 5.74) is 2.68. The Balaban J connectivity index is 1.93. The summed E-state index contributed by atoms with van der Waals surface area (Å²) in [6, 6.07) is 6.92. The van der Waals surface area contributed by atoms with Gasteiger partial charge in [0.2, 0.25) is 0 Å². The number of hydrogen-bond donors (Lipinski definition) is 1. The molecule has 0 radical (unpaired) electrons. The molecule has 2 aliphatic heterocycles. The van der Waals surface area contributed by atoms with Gasteiger partial charge in [-0.1, -0.05) is 25.1 Å². The third-order valence-corrected chi connectivity index (χ3v) is 4.70. The molecule has 2 aliphatic rings. The molecule has 3 nitrogen and oxygen atoms in total. The van der Waals surface area contributed by atoms with Crippen LogP contribution in [0, 0.1) is 5.92 Å². The maximum absolute atomic E-state index is 5.99. The molecule has 1 aromatic carbocycles. The van der Waals surface area contributed by atoms with Crippen molar-refractivity contribution in [1.29, 1.82) is 0 Å². The first kappa shape index (κ1) is 13.9. The van der Waals surface area contributed by atoms with Crippen molar-refractivity contribution in [3.63, 3.8) is 0 Å². The van der Waals surface area contributed by atoms with E-state index in [0.717, 1.165) is 44.6 Å². The number of nitrogens with one attached hydrogen (secondary N) is 1. The number of hydrogen-bond acceptors (Lipinski definition) is 3. The van der Waals surface area contributed by atoms with Crippen molar-refractivity contribution < 1.29 is 9.47 Å². The molecule has 3 atom stereocenters. The molecule has 3 rings (SSSR count). The van der Waals surface area contributed by atoms with Crippen molar-refractivity contribution in [3.05, 3.63) is 29.3 Å². The molecule has 2 heterocycles. The van der Waals surface area contributed by atoms with Gasteiger partial charge in [0, 0.05) is 24.1 Å². The lowest BCUT2D eigenvalue weighted by molar-refractivity contribution is 0.0778. The fraction of sp³-hybridized carbons (Fsp3) is 0.647. The highest BCUT2D eigenvalue weighted by Gasteiger charge is 2.35. The van der Waals surface area contributed by atoms with Gasteiger partial charge in [0.15, 0.2) is 0 Å². The Morgan fingerprint density at radius 1 is 1.35 bits per heavy atom. The lowest BCUT2D eigenvalue weighted by Crippen LogP contribution is -2.31. The largest absolute Gasteiger partial charge is 0.493 e. The molecule has 3 heteroatoms. The van der Waals surface area contributed by atoms with E-state index in [4.69, 9.17) is 9.47 Å². The molecule has 3 unspecified atom stereocenters. The third kappa shape index (κ3) is 2.45. The highest BCUT2D eigenvalue weighted by Crippen LogP contribution is 2.40. The number of rotatable bonds is 4. The Kier molecular flexibility index (Phi) is 4.27. The van der Waals surface area contributed by atoms with E-state index in [0.29, 0.717) is 18.1 Å². The van der Waals surface area contributed by atoms with Gasteiger partial charge in [0.05, 0.1) is 12.7 Å². The van der Waals surface area contributed by atoms with Crippen molar-refractivity contribution in [2.24, 2.45) is 5.92 Å². The van der Waals surface area contributed by atoms with Crippen molar-refractivity contribution >= 4 is 0 Å². The Labute approximate surface area is 121 Å². The second kappa shape index (κ2) is 6.15. The summed E-state index contributed by atoms with van der Waals surface area (Å²) in [4.78, 5) is 0. The maximum atomic E-state index is 5.99. The van der Waals surface area contributed by atoms with Gasteiger partial charge in [0.1, 0.15) is 5.75 Å². The molecular formula is C17H25NO2. The zero-order chi connectivity index (χ0) is 13.9. The highest BCUT2D eigenvalue weighted by molar-refractivity contribution is 5.45. The standard InChI is InChI=1S/C17H25NO2/c1-3-15-13(9-11-19-15)16(18-2)14-8-4-6-12-7-5-10-20-17(12)14/h4,6,8,13,15-16,18H,3,5,7,9-11H2,1-2H3. The predicted molar refractivity (Wildman–Crippen MR) is 80.2 cm³/mol. The Bertz CT molecular complexity index is 460. The van der Waals surface area contributed by atoms with Crippen LogP contribution in [0.3, 0.4) is 0 Å². The van der Waals surface area contributed by atoms with Crippen LogP contribution in [-0.4, -0.2) is 26.4 Å². The molecular weight excluding hydrogens is 250 g/mol. The Morgan fingerprint density at radius 3 is 3.05 bits per heavy atom. The molecule has 1 aromatic rings. The molecule has 0 spiro atoms. The van der Waals surface area contributed by atoms with E-state index < -0.39 is 0 Å². The maximum Gasteiger partial charge on any atom is 0.127 e. The first-order chi connectivity index (χ1) is 9.85. The highest BCUT2D eigenvalue weighted by atomic mass is 16.5. The van der Waals surface area contributed by atoms with Gasteiger partial charge in [-0.3, -0.25) is 0 Å². The summed E-state index contributed by atoms with van der Waals surface area (Å²) in [7, 11) is 2.05. The van der Waals surface area contributed by atoms with Crippen molar-refractivity contribution in [1.82, 2.24) is 5.32 Å². The normalized spacial score (nSPS) is 26.9. The molecule has 1 saturated heterocycles. The first-order valence-corrected chi connectivity index (χ1v) is 7.88. The summed E-state index contributed by atoms with van der Waals surface area (Å²) in [6.07, 6.45) is 4.85. The van der Waals surface area contributed by atoms with Crippen LogP contribution < -0.4 is 10.1 Å². The van der Waals surface area contributed by atoms with Crippen LogP contribution in [0.15, 0.2) is 18.2 Å². The fourth-order valence-electron chi connectivity index (χ4n) is 3.73. The predicted octanol–water partition coefficient (Wildman–Crippen LogP) is 3.09. The number of para-hydroxylation sites is 1. The second-order valence-electron chi connectivity index (χ2n) is 5.82. The van der Waals surface area contributed by atoms with Crippen molar-refractivity contribution in [2.75, 3.05) is 20.3 Å². The smallest absolute Gasteiger partial charge is 0.127 e. The van der Waals surface area contributed by atoms with Gasteiger partial charge in [-0.05, 0) is 38.3 Å². The van der Waals surface area contributed by atoms with Gasteiger partial charge in [0.25, 0.3) is 0 Å². The molecule has 20 heavy (non-hydrogen) atoms. The SMILES string of the molecule is CCC1OCCC1C(NC)c1cccc2c1OCCC2. The van der Waals surface area contributed by atoms with E-state index in [9.17, 15) is 0 Å². The van der Waals surface area contributed by atoms with E-state index in [-0.39, 0.29) is 0 Å². The summed E-state index contributed by atoms with van der Waals surface area (Å²) in [5.74, 6) is 1.67. The molecule has 1 N–H and O–H groups in total. The average molecular weight is 275 g/mol. The molecule has 0 aromatic heterocycles. The van der Waals surface area contributed by atoms with Gasteiger partial charge < -0.3 is 14.8 Å². The second-order valence-corrected chi connectivity index (χ2v) is 5.82. The van der Waals surface area contributed by atoms with Crippen molar-refractivity contribution in [3.8, 4) is 5.75 Å². The lowest BCUT2D eigenvalue weighted by Gasteiger charge is -2.30. The van der Waals surface area contributed by atoms with E-state index in [1.807, 2.05) is 0 Å². The van der Waals surface area contributed by atoms with Crippen LogP contribution in [0.5, 0.6) is 5.75 Å². The Morgan fingerprint density at radius 2 is 2.25 bits per heavy atom. The quantitative estimate of drug-likeness (QED) is 0.916. The summed E-state index contributed by atoms with van der Waals surface area (Å²) >= 11 is 0. The van der Waals surface area contributed by atoms with Crippen LogP contribution in [0.1, 0.15) is 43.4 Å². The van der Waals surface area contributed by atoms with Gasteiger partial charge in [-0.25, -0.2) is 0 Å². The monoisotopic (exact) mass is 275 g/mol. The van der Waals surface area contributed by atoms with Crippen LogP contribution in [-0.2, 0) is 11.2 Å². The number of aryl methyl sites for hydroxylation is 1. The third-order valence-electron chi connectivity index (χ3n) is 4.70. The van der Waals surface area contributed by atoms with Gasteiger partial charge >= 0.3 is 0 Å². The van der Waals surface area contributed by atoms with E-state index in [1.54, 1.807) is 0 Å². The molecule has 110 valence electrons. The zero-order valence-corrected chi connectivity index (χ0v) is 12.5. The van der Waals surface area contributed by atoms with E-state index in [2.05, 4.69) is 37.5 Å². The number of fused-ring (bicyclic) bond motifs is 1. The van der Waals surface area contributed by atoms with E-state index in [1.165, 1.54) is 11.1 Å². The molecule has 0 bridgehead atoms. The van der Waals surface area contributed by atoms with E-state index >= 15 is 0 Å². The molecule has 1 fully saturated rings. The molecule has 0 amide bonds. The zero-order valence-electron chi connectivity index (χ0n) is 12.5. The first-order valence-electron chi connectivity index (χ1n) is 7.88. The van der Waals surface area contributed by atoms with Crippen LogP contribution in [0.25, 0.3) is 0 Å². The summed E-state index contributed by atoms with van der Waals surface area (Å²) in [6.45, 7) is 3.95.